The van der Waals surface area contributed by atoms with Gasteiger partial charge in [0, 0.05) is 13.0 Å². The van der Waals surface area contributed by atoms with E-state index in [0.29, 0.717) is 6.42 Å². The largest absolute Gasteiger partial charge is 0.481 e. The van der Waals surface area contributed by atoms with Crippen LogP contribution in [0.4, 0.5) is 4.79 Å². The molecule has 0 saturated heterocycles. The van der Waals surface area contributed by atoms with Gasteiger partial charge < -0.3 is 10.2 Å². The molecule has 0 aliphatic carbocycles. The van der Waals surface area contributed by atoms with Crippen LogP contribution in [-0.4, -0.2) is 28.8 Å². The SMILES string of the molecule is O=C(O)CCCCCCCCCCCCCCCCCCCNNNNC(=O)O. The normalized spacial score (nSPS) is 10.9. The van der Waals surface area contributed by atoms with Crippen molar-refractivity contribution in [3.63, 3.8) is 0 Å². The van der Waals surface area contributed by atoms with Gasteiger partial charge in [0.05, 0.1) is 0 Å². The van der Waals surface area contributed by atoms with Gasteiger partial charge in [-0.05, 0) is 12.8 Å². The van der Waals surface area contributed by atoms with E-state index in [9.17, 15) is 9.59 Å². The van der Waals surface area contributed by atoms with Gasteiger partial charge in [-0.3, -0.25) is 4.79 Å². The zero-order valence-corrected chi connectivity index (χ0v) is 18.1. The molecule has 0 aliphatic rings. The van der Waals surface area contributed by atoms with Gasteiger partial charge >= 0.3 is 12.1 Å². The summed E-state index contributed by atoms with van der Waals surface area (Å²) >= 11 is 0. The minimum Gasteiger partial charge on any atom is -0.481 e. The average molecular weight is 417 g/mol. The fraction of sp³-hybridized carbons (Fsp3) is 0.905. The van der Waals surface area contributed by atoms with Crippen molar-refractivity contribution >= 4 is 12.1 Å². The highest BCUT2D eigenvalue weighted by Gasteiger charge is 1.97. The molecule has 1 amide bonds. The highest BCUT2D eigenvalue weighted by molar-refractivity contribution is 5.66. The molecule has 0 bridgehead atoms. The smallest absolute Gasteiger partial charge is 0.420 e. The van der Waals surface area contributed by atoms with Gasteiger partial charge in [-0.25, -0.2) is 15.6 Å². The lowest BCUT2D eigenvalue weighted by atomic mass is 10.0. The maximum Gasteiger partial charge on any atom is 0.420 e. The second-order valence-electron chi connectivity index (χ2n) is 7.76. The summed E-state index contributed by atoms with van der Waals surface area (Å²) < 4.78 is 0. The summed E-state index contributed by atoms with van der Waals surface area (Å²) in [7, 11) is 0. The zero-order valence-electron chi connectivity index (χ0n) is 18.1. The van der Waals surface area contributed by atoms with Gasteiger partial charge in [-0.2, -0.15) is 11.1 Å². The lowest BCUT2D eigenvalue weighted by Crippen LogP contribution is -2.52. The number of carbonyl (C=O) groups is 2. The van der Waals surface area contributed by atoms with Gasteiger partial charge in [-0.1, -0.05) is 96.3 Å². The van der Waals surface area contributed by atoms with Crippen molar-refractivity contribution in [2.75, 3.05) is 6.54 Å². The first kappa shape index (κ1) is 27.6. The Kier molecular flexibility index (Phi) is 21.8. The van der Waals surface area contributed by atoms with Crippen LogP contribution in [0.3, 0.4) is 0 Å². The van der Waals surface area contributed by atoms with Crippen molar-refractivity contribution in [3.05, 3.63) is 0 Å². The number of rotatable bonds is 23. The fourth-order valence-corrected chi connectivity index (χ4v) is 3.33. The Balaban J connectivity index is 3.01. The van der Waals surface area contributed by atoms with Crippen LogP contribution in [0.25, 0.3) is 0 Å². The zero-order chi connectivity index (χ0) is 21.4. The fourth-order valence-electron chi connectivity index (χ4n) is 3.33. The highest BCUT2D eigenvalue weighted by Crippen LogP contribution is 2.14. The van der Waals surface area contributed by atoms with E-state index in [2.05, 4.69) is 16.5 Å². The Morgan fingerprint density at radius 1 is 0.517 bits per heavy atom. The second kappa shape index (κ2) is 22.9. The number of hydrazine groups is 3. The summed E-state index contributed by atoms with van der Waals surface area (Å²) in [6.07, 6.45) is 20.5. The third-order valence-electron chi connectivity index (χ3n) is 5.01. The number of nitrogens with one attached hydrogen (secondary N) is 4. The van der Waals surface area contributed by atoms with Crippen molar-refractivity contribution in [1.29, 1.82) is 0 Å². The Morgan fingerprint density at radius 3 is 1.28 bits per heavy atom. The third-order valence-corrected chi connectivity index (χ3v) is 5.01. The van der Waals surface area contributed by atoms with Crippen LogP contribution >= 0.6 is 0 Å². The molecule has 0 radical (unpaired) electrons. The van der Waals surface area contributed by atoms with E-state index in [1.165, 1.54) is 89.9 Å². The van der Waals surface area contributed by atoms with Crippen LogP contribution in [0, 0.1) is 0 Å². The molecule has 0 heterocycles. The van der Waals surface area contributed by atoms with Crippen molar-refractivity contribution in [1.82, 2.24) is 21.9 Å². The van der Waals surface area contributed by atoms with Crippen LogP contribution in [0.15, 0.2) is 0 Å². The average Bonchev–Trinajstić information content (AvgIpc) is 2.68. The van der Waals surface area contributed by atoms with E-state index in [0.717, 1.165) is 25.8 Å². The van der Waals surface area contributed by atoms with E-state index >= 15 is 0 Å². The lowest BCUT2D eigenvalue weighted by molar-refractivity contribution is -0.137. The molecule has 172 valence electrons. The van der Waals surface area contributed by atoms with Crippen molar-refractivity contribution in [3.8, 4) is 0 Å². The molecule has 29 heavy (non-hydrogen) atoms. The van der Waals surface area contributed by atoms with Gasteiger partial charge in [0.1, 0.15) is 0 Å². The Labute approximate surface area is 176 Å². The van der Waals surface area contributed by atoms with Crippen LogP contribution in [0.2, 0.25) is 0 Å². The number of hydrogen-bond acceptors (Lipinski definition) is 5. The van der Waals surface area contributed by atoms with Crippen LogP contribution in [-0.2, 0) is 4.79 Å². The quantitative estimate of drug-likeness (QED) is 0.104. The number of carboxylic acids is 1. The Hall–Kier alpha value is -1.38. The molecule has 0 aliphatic heterocycles. The van der Waals surface area contributed by atoms with Crippen LogP contribution < -0.4 is 21.9 Å². The molecular weight excluding hydrogens is 372 g/mol. The summed E-state index contributed by atoms with van der Waals surface area (Å²) in [6, 6.07) is 0. The Bertz CT molecular complexity index is 350. The minimum atomic E-state index is -1.13. The van der Waals surface area contributed by atoms with Crippen molar-refractivity contribution in [2.24, 2.45) is 0 Å². The van der Waals surface area contributed by atoms with Gasteiger partial charge in [0.2, 0.25) is 0 Å². The molecule has 6 N–H and O–H groups in total. The first-order valence-corrected chi connectivity index (χ1v) is 11.6. The summed E-state index contributed by atoms with van der Waals surface area (Å²) in [6.45, 7) is 0.805. The topological polar surface area (TPSA) is 123 Å². The molecular formula is C21H44N4O4. The lowest BCUT2D eigenvalue weighted by Gasteiger charge is -2.07. The van der Waals surface area contributed by atoms with E-state index in [4.69, 9.17) is 10.2 Å². The van der Waals surface area contributed by atoms with Gasteiger partial charge in [-0.15, -0.1) is 0 Å². The molecule has 0 aromatic heterocycles. The summed E-state index contributed by atoms with van der Waals surface area (Å²) in [5, 5.41) is 16.9. The molecule has 8 heteroatoms. The van der Waals surface area contributed by atoms with Gasteiger partial charge in [0.15, 0.2) is 0 Å². The standard InChI is InChI=1S/C21H44N4O4/c26-20(27)18-16-14-12-10-8-6-4-2-1-3-5-7-9-11-13-15-17-19-22-24-25-23-21(28)29/h22-25H,1-19H2,(H,26,27)(H,28,29). The molecule has 0 aromatic carbocycles. The summed E-state index contributed by atoms with van der Waals surface area (Å²) in [5.41, 5.74) is 9.77. The molecule has 0 spiro atoms. The molecule has 8 nitrogen and oxygen atoms in total. The first-order chi connectivity index (χ1) is 14.1. The maximum absolute atomic E-state index is 10.4. The molecule has 0 fully saturated rings. The number of unbranched alkanes of at least 4 members (excludes halogenated alkanes) is 16. The van der Waals surface area contributed by atoms with E-state index in [-0.39, 0.29) is 0 Å². The molecule has 0 unspecified atom stereocenters. The monoisotopic (exact) mass is 416 g/mol. The molecule has 0 atom stereocenters. The first-order valence-electron chi connectivity index (χ1n) is 11.6. The summed E-state index contributed by atoms with van der Waals surface area (Å²) in [4.78, 5) is 20.6. The van der Waals surface area contributed by atoms with E-state index < -0.39 is 12.1 Å². The summed E-state index contributed by atoms with van der Waals surface area (Å²) in [5.74, 6) is -0.672. The number of carboxylic acid groups (broad SMARTS) is 2. The molecule has 0 aromatic rings. The number of aliphatic carboxylic acids is 1. The minimum absolute atomic E-state index is 0.322. The molecule has 0 rings (SSSR count). The van der Waals surface area contributed by atoms with Gasteiger partial charge in [0.25, 0.3) is 0 Å². The van der Waals surface area contributed by atoms with Crippen LogP contribution in [0.1, 0.15) is 116 Å². The molecule has 0 saturated carbocycles. The highest BCUT2D eigenvalue weighted by atomic mass is 16.4. The second-order valence-corrected chi connectivity index (χ2v) is 7.76. The predicted octanol–water partition coefficient (Wildman–Crippen LogP) is 4.87. The Morgan fingerprint density at radius 2 is 0.897 bits per heavy atom. The van der Waals surface area contributed by atoms with Crippen LogP contribution in [0.5, 0.6) is 0 Å². The third kappa shape index (κ3) is 26.6. The van der Waals surface area contributed by atoms with Crippen molar-refractivity contribution < 1.29 is 19.8 Å². The van der Waals surface area contributed by atoms with Crippen molar-refractivity contribution in [2.45, 2.75) is 116 Å². The maximum atomic E-state index is 10.4. The number of hydrogen-bond donors (Lipinski definition) is 6. The van der Waals surface area contributed by atoms with E-state index in [1.54, 1.807) is 0 Å². The number of amides is 1. The predicted molar refractivity (Wildman–Crippen MR) is 116 cm³/mol. The van der Waals surface area contributed by atoms with E-state index in [1.807, 2.05) is 5.43 Å².